The van der Waals surface area contributed by atoms with E-state index in [-0.39, 0.29) is 0 Å². The lowest BCUT2D eigenvalue weighted by atomic mass is 10.1. The van der Waals surface area contributed by atoms with Crippen LogP contribution >= 0.6 is 11.3 Å². The van der Waals surface area contributed by atoms with Gasteiger partial charge in [0.2, 0.25) is 0 Å². The summed E-state index contributed by atoms with van der Waals surface area (Å²) in [5, 5.41) is 5.69. The van der Waals surface area contributed by atoms with E-state index in [1.807, 2.05) is 6.92 Å². The zero-order valence-corrected chi connectivity index (χ0v) is 12.4. The van der Waals surface area contributed by atoms with Crippen molar-refractivity contribution in [2.45, 2.75) is 33.0 Å². The van der Waals surface area contributed by atoms with Crippen molar-refractivity contribution in [3.63, 3.8) is 0 Å². The molecular weight excluding hydrogens is 254 g/mol. The molecule has 0 amide bonds. The number of benzene rings is 1. The Kier molecular flexibility index (Phi) is 5.58. The molecule has 0 spiro atoms. The van der Waals surface area contributed by atoms with Crippen LogP contribution in [0.3, 0.4) is 0 Å². The number of nitrogens with one attached hydrogen (secondary N) is 1. The molecule has 1 aromatic heterocycles. The first kappa shape index (κ1) is 14.3. The maximum atomic E-state index is 5.51. The molecule has 0 bridgehead atoms. The summed E-state index contributed by atoms with van der Waals surface area (Å²) in [5.41, 5.74) is 2.59. The van der Waals surface area contributed by atoms with E-state index in [0.717, 1.165) is 13.2 Å². The van der Waals surface area contributed by atoms with Gasteiger partial charge in [-0.15, -0.1) is 11.3 Å². The third-order valence-corrected chi connectivity index (χ3v) is 4.20. The number of ether oxygens (including phenoxy) is 1. The van der Waals surface area contributed by atoms with Crippen LogP contribution in [0.1, 0.15) is 35.9 Å². The summed E-state index contributed by atoms with van der Waals surface area (Å²) < 4.78 is 5.51. The van der Waals surface area contributed by atoms with Crippen LogP contribution < -0.4 is 5.32 Å². The first-order valence-electron chi connectivity index (χ1n) is 6.72. The van der Waals surface area contributed by atoms with Gasteiger partial charge in [0.1, 0.15) is 0 Å². The lowest BCUT2D eigenvalue weighted by Crippen LogP contribution is -2.18. The molecule has 3 heteroatoms. The van der Waals surface area contributed by atoms with Crippen LogP contribution in [-0.4, -0.2) is 6.61 Å². The Morgan fingerprint density at radius 2 is 1.95 bits per heavy atom. The highest BCUT2D eigenvalue weighted by Crippen LogP contribution is 2.19. The average Bonchev–Trinajstić information content (AvgIpc) is 2.97. The standard InChI is InChI=1S/C16H21NOS/c1-3-18-12-15-8-5-4-7-14(15)11-17-13(2)16-9-6-10-19-16/h4-10,13,17H,3,11-12H2,1-2H3. The molecule has 0 aliphatic rings. The number of hydrogen-bond donors (Lipinski definition) is 1. The fraction of sp³-hybridized carbons (Fsp3) is 0.375. The molecule has 1 unspecified atom stereocenters. The second-order valence-corrected chi connectivity index (χ2v) is 5.50. The molecule has 0 fully saturated rings. The SMILES string of the molecule is CCOCc1ccccc1CNC(C)c1cccs1. The summed E-state index contributed by atoms with van der Waals surface area (Å²) >= 11 is 1.80. The van der Waals surface area contributed by atoms with Gasteiger partial charge in [-0.1, -0.05) is 30.3 Å². The first-order valence-corrected chi connectivity index (χ1v) is 7.60. The molecule has 0 saturated carbocycles. The largest absolute Gasteiger partial charge is 0.377 e. The van der Waals surface area contributed by atoms with Crippen molar-refractivity contribution in [2.24, 2.45) is 0 Å². The van der Waals surface area contributed by atoms with Gasteiger partial charge in [-0.25, -0.2) is 0 Å². The van der Waals surface area contributed by atoms with Gasteiger partial charge in [0.15, 0.2) is 0 Å². The summed E-state index contributed by atoms with van der Waals surface area (Å²) in [6, 6.07) is 13.1. The molecule has 1 aromatic carbocycles. The summed E-state index contributed by atoms with van der Waals surface area (Å²) in [4.78, 5) is 1.38. The summed E-state index contributed by atoms with van der Waals surface area (Å²) in [7, 11) is 0. The summed E-state index contributed by atoms with van der Waals surface area (Å²) in [6.07, 6.45) is 0. The van der Waals surface area contributed by atoms with E-state index in [9.17, 15) is 0 Å². The summed E-state index contributed by atoms with van der Waals surface area (Å²) in [5.74, 6) is 0. The predicted octanol–water partition coefficient (Wildman–Crippen LogP) is 4.14. The Bertz CT molecular complexity index is 481. The molecule has 102 valence electrons. The molecular formula is C16H21NOS. The van der Waals surface area contributed by atoms with Gasteiger partial charge in [0.25, 0.3) is 0 Å². The molecule has 0 saturated heterocycles. The third-order valence-electron chi connectivity index (χ3n) is 3.15. The molecule has 2 nitrogen and oxygen atoms in total. The smallest absolute Gasteiger partial charge is 0.0719 e. The fourth-order valence-electron chi connectivity index (χ4n) is 1.98. The highest BCUT2D eigenvalue weighted by atomic mass is 32.1. The Labute approximate surface area is 119 Å². The first-order chi connectivity index (χ1) is 9.31. The van der Waals surface area contributed by atoms with Gasteiger partial charge in [-0.2, -0.15) is 0 Å². The van der Waals surface area contributed by atoms with Crippen molar-refractivity contribution >= 4 is 11.3 Å². The van der Waals surface area contributed by atoms with Crippen LogP contribution in [0.5, 0.6) is 0 Å². The Balaban J connectivity index is 1.95. The zero-order valence-electron chi connectivity index (χ0n) is 11.6. The molecule has 0 aliphatic heterocycles. The lowest BCUT2D eigenvalue weighted by molar-refractivity contribution is 0.133. The second-order valence-electron chi connectivity index (χ2n) is 4.52. The van der Waals surface area contributed by atoms with Crippen molar-refractivity contribution in [2.75, 3.05) is 6.61 Å². The van der Waals surface area contributed by atoms with E-state index in [1.165, 1.54) is 16.0 Å². The van der Waals surface area contributed by atoms with Crippen molar-refractivity contribution in [3.05, 3.63) is 57.8 Å². The molecule has 2 rings (SSSR count). The molecule has 19 heavy (non-hydrogen) atoms. The van der Waals surface area contributed by atoms with Crippen LogP contribution in [-0.2, 0) is 17.9 Å². The van der Waals surface area contributed by atoms with Crippen molar-refractivity contribution in [3.8, 4) is 0 Å². The van der Waals surface area contributed by atoms with Gasteiger partial charge in [-0.05, 0) is 36.4 Å². The number of thiophene rings is 1. The van der Waals surface area contributed by atoms with Crippen LogP contribution in [0.4, 0.5) is 0 Å². The monoisotopic (exact) mass is 275 g/mol. The highest BCUT2D eigenvalue weighted by Gasteiger charge is 2.07. The average molecular weight is 275 g/mol. The van der Waals surface area contributed by atoms with Gasteiger partial charge < -0.3 is 10.1 Å². The molecule has 1 heterocycles. The van der Waals surface area contributed by atoms with Gasteiger partial charge in [-0.3, -0.25) is 0 Å². The molecule has 0 radical (unpaired) electrons. The van der Waals surface area contributed by atoms with E-state index in [1.54, 1.807) is 11.3 Å². The van der Waals surface area contributed by atoms with Gasteiger partial charge >= 0.3 is 0 Å². The van der Waals surface area contributed by atoms with E-state index < -0.39 is 0 Å². The van der Waals surface area contributed by atoms with E-state index in [0.29, 0.717) is 12.6 Å². The maximum absolute atomic E-state index is 5.51. The quantitative estimate of drug-likeness (QED) is 0.820. The van der Waals surface area contributed by atoms with Gasteiger partial charge in [0, 0.05) is 24.1 Å². The van der Waals surface area contributed by atoms with E-state index in [4.69, 9.17) is 4.74 Å². The van der Waals surface area contributed by atoms with Crippen LogP contribution in [0, 0.1) is 0 Å². The Morgan fingerprint density at radius 1 is 1.16 bits per heavy atom. The Hall–Kier alpha value is -1.16. The molecule has 1 atom stereocenters. The van der Waals surface area contributed by atoms with Crippen molar-refractivity contribution in [1.29, 1.82) is 0 Å². The van der Waals surface area contributed by atoms with Crippen LogP contribution in [0.15, 0.2) is 41.8 Å². The zero-order chi connectivity index (χ0) is 13.5. The predicted molar refractivity (Wildman–Crippen MR) is 81.3 cm³/mol. The van der Waals surface area contributed by atoms with Crippen molar-refractivity contribution < 1.29 is 4.74 Å². The Morgan fingerprint density at radius 3 is 2.63 bits per heavy atom. The third kappa shape index (κ3) is 4.16. The normalized spacial score (nSPS) is 12.5. The van der Waals surface area contributed by atoms with E-state index in [2.05, 4.69) is 54.0 Å². The fourth-order valence-corrected chi connectivity index (χ4v) is 2.74. The topological polar surface area (TPSA) is 21.3 Å². The minimum atomic E-state index is 0.389. The number of hydrogen-bond acceptors (Lipinski definition) is 3. The molecule has 0 aliphatic carbocycles. The molecule has 2 aromatic rings. The van der Waals surface area contributed by atoms with Crippen molar-refractivity contribution in [1.82, 2.24) is 5.32 Å². The minimum absolute atomic E-state index is 0.389. The lowest BCUT2D eigenvalue weighted by Gasteiger charge is -2.14. The second kappa shape index (κ2) is 7.43. The van der Waals surface area contributed by atoms with Gasteiger partial charge in [0.05, 0.1) is 6.61 Å². The maximum Gasteiger partial charge on any atom is 0.0719 e. The van der Waals surface area contributed by atoms with Crippen LogP contribution in [0.25, 0.3) is 0 Å². The highest BCUT2D eigenvalue weighted by molar-refractivity contribution is 7.10. The summed E-state index contributed by atoms with van der Waals surface area (Å²) in [6.45, 7) is 6.56. The van der Waals surface area contributed by atoms with E-state index >= 15 is 0 Å². The molecule has 1 N–H and O–H groups in total. The number of rotatable bonds is 7. The minimum Gasteiger partial charge on any atom is -0.377 e. The van der Waals surface area contributed by atoms with Crippen LogP contribution in [0.2, 0.25) is 0 Å².